The monoisotopic (exact) mass is 271 g/mol. The molecule has 1 aliphatic heterocycles. The normalized spacial score (nSPS) is 21.0. The van der Waals surface area contributed by atoms with Gasteiger partial charge in [0, 0.05) is 26.2 Å². The molecule has 19 heavy (non-hydrogen) atoms. The maximum Gasteiger partial charge on any atom is 0.242 e. The molecule has 0 aromatic heterocycles. The fraction of sp³-hybridized carbons (Fsp3) is 0.846. The summed E-state index contributed by atoms with van der Waals surface area (Å²) in [5.74, 6) is -0.112. The van der Waals surface area contributed by atoms with Gasteiger partial charge in [0.2, 0.25) is 11.8 Å². The Morgan fingerprint density at radius 1 is 1.47 bits per heavy atom. The van der Waals surface area contributed by atoms with E-state index in [-0.39, 0.29) is 23.9 Å². The number of ether oxygens (including phenoxy) is 1. The third-order valence-corrected chi connectivity index (χ3v) is 3.23. The molecule has 2 N–H and O–H groups in total. The summed E-state index contributed by atoms with van der Waals surface area (Å²) in [4.78, 5) is 25.7. The summed E-state index contributed by atoms with van der Waals surface area (Å²) >= 11 is 0. The summed E-state index contributed by atoms with van der Waals surface area (Å²) in [7, 11) is 1.59. The maximum absolute atomic E-state index is 12.2. The number of rotatable bonds is 7. The molecule has 1 saturated heterocycles. The standard InChI is InChI=1S/C13H25N3O3/c1-9(2)15-11-5-7-16(13(11)18)10(3)12(17)14-6-8-19-4/h9-11,15H,5-8H2,1-4H3,(H,14,17). The van der Waals surface area contributed by atoms with Gasteiger partial charge in [0.25, 0.3) is 0 Å². The zero-order valence-corrected chi connectivity index (χ0v) is 12.2. The van der Waals surface area contributed by atoms with Crippen LogP contribution < -0.4 is 10.6 Å². The van der Waals surface area contributed by atoms with E-state index < -0.39 is 6.04 Å². The molecule has 1 aliphatic rings. The highest BCUT2D eigenvalue weighted by Gasteiger charge is 2.36. The van der Waals surface area contributed by atoms with E-state index in [1.807, 2.05) is 13.8 Å². The molecule has 110 valence electrons. The Balaban J connectivity index is 2.47. The number of methoxy groups -OCH3 is 1. The number of carbonyl (C=O) groups excluding carboxylic acids is 2. The van der Waals surface area contributed by atoms with Gasteiger partial charge < -0.3 is 20.3 Å². The number of nitrogens with one attached hydrogen (secondary N) is 2. The zero-order valence-electron chi connectivity index (χ0n) is 12.2. The molecule has 6 nitrogen and oxygen atoms in total. The highest BCUT2D eigenvalue weighted by Crippen LogP contribution is 2.15. The van der Waals surface area contributed by atoms with Crippen molar-refractivity contribution in [3.8, 4) is 0 Å². The average Bonchev–Trinajstić information content (AvgIpc) is 2.69. The van der Waals surface area contributed by atoms with Crippen molar-refractivity contribution in [1.82, 2.24) is 15.5 Å². The van der Waals surface area contributed by atoms with E-state index in [1.54, 1.807) is 18.9 Å². The smallest absolute Gasteiger partial charge is 0.242 e. The van der Waals surface area contributed by atoms with E-state index in [2.05, 4.69) is 10.6 Å². The van der Waals surface area contributed by atoms with Crippen LogP contribution in [0.4, 0.5) is 0 Å². The SMILES string of the molecule is COCCNC(=O)C(C)N1CCC(NC(C)C)C1=O. The van der Waals surface area contributed by atoms with Crippen molar-refractivity contribution in [1.29, 1.82) is 0 Å². The zero-order chi connectivity index (χ0) is 14.4. The molecule has 0 saturated carbocycles. The van der Waals surface area contributed by atoms with E-state index in [4.69, 9.17) is 4.74 Å². The average molecular weight is 271 g/mol. The number of hydrogen-bond donors (Lipinski definition) is 2. The Kier molecular flexibility index (Phi) is 6.24. The van der Waals surface area contributed by atoms with Crippen LogP contribution in [0, 0.1) is 0 Å². The van der Waals surface area contributed by atoms with Gasteiger partial charge >= 0.3 is 0 Å². The van der Waals surface area contributed by atoms with Gasteiger partial charge in [-0.25, -0.2) is 0 Å². The van der Waals surface area contributed by atoms with Crippen LogP contribution in [0.25, 0.3) is 0 Å². The quantitative estimate of drug-likeness (QED) is 0.626. The Morgan fingerprint density at radius 2 is 2.16 bits per heavy atom. The molecule has 1 fully saturated rings. The molecule has 2 unspecified atom stereocenters. The van der Waals surface area contributed by atoms with Crippen molar-refractivity contribution in [2.75, 3.05) is 26.8 Å². The number of nitrogens with zero attached hydrogens (tertiary/aromatic N) is 1. The fourth-order valence-electron chi connectivity index (χ4n) is 2.21. The summed E-state index contributed by atoms with van der Waals surface area (Å²) < 4.78 is 4.87. The lowest BCUT2D eigenvalue weighted by molar-refractivity contribution is -0.137. The van der Waals surface area contributed by atoms with Crippen LogP contribution in [0.5, 0.6) is 0 Å². The number of amides is 2. The fourth-order valence-corrected chi connectivity index (χ4v) is 2.21. The topological polar surface area (TPSA) is 70.7 Å². The van der Waals surface area contributed by atoms with E-state index in [9.17, 15) is 9.59 Å². The van der Waals surface area contributed by atoms with Crippen molar-refractivity contribution in [3.63, 3.8) is 0 Å². The van der Waals surface area contributed by atoms with Crippen molar-refractivity contribution >= 4 is 11.8 Å². The minimum absolute atomic E-state index is 0.0168. The highest BCUT2D eigenvalue weighted by molar-refractivity contribution is 5.90. The van der Waals surface area contributed by atoms with Crippen LogP contribution in [-0.2, 0) is 14.3 Å². The number of likely N-dealkylation sites (tertiary alicyclic amines) is 1. The van der Waals surface area contributed by atoms with Crippen molar-refractivity contribution in [2.45, 2.75) is 45.3 Å². The van der Waals surface area contributed by atoms with Gasteiger partial charge in [-0.2, -0.15) is 0 Å². The molecule has 0 aromatic carbocycles. The van der Waals surface area contributed by atoms with Crippen LogP contribution in [0.1, 0.15) is 27.2 Å². The van der Waals surface area contributed by atoms with Crippen LogP contribution in [0.15, 0.2) is 0 Å². The van der Waals surface area contributed by atoms with Gasteiger partial charge in [-0.1, -0.05) is 13.8 Å². The first-order chi connectivity index (χ1) is 8.97. The van der Waals surface area contributed by atoms with Crippen LogP contribution >= 0.6 is 0 Å². The molecule has 1 rings (SSSR count). The first-order valence-corrected chi connectivity index (χ1v) is 6.80. The molecular formula is C13H25N3O3. The molecule has 6 heteroatoms. The first kappa shape index (κ1) is 15.9. The molecule has 0 aliphatic carbocycles. The lowest BCUT2D eigenvalue weighted by Gasteiger charge is -2.24. The Labute approximate surface area is 114 Å². The third kappa shape index (κ3) is 4.47. The molecule has 0 spiro atoms. The van der Waals surface area contributed by atoms with E-state index >= 15 is 0 Å². The highest BCUT2D eigenvalue weighted by atomic mass is 16.5. The molecule has 2 atom stereocenters. The van der Waals surface area contributed by atoms with Gasteiger partial charge in [-0.3, -0.25) is 9.59 Å². The molecule has 0 radical (unpaired) electrons. The predicted octanol–water partition coefficient (Wildman–Crippen LogP) is -0.264. The largest absolute Gasteiger partial charge is 0.383 e. The minimum Gasteiger partial charge on any atom is -0.383 e. The van der Waals surface area contributed by atoms with Crippen LogP contribution in [0.3, 0.4) is 0 Å². The van der Waals surface area contributed by atoms with E-state index in [0.717, 1.165) is 6.42 Å². The molecule has 0 bridgehead atoms. The summed E-state index contributed by atoms with van der Waals surface area (Å²) in [5, 5.41) is 5.98. The molecule has 2 amide bonds. The summed E-state index contributed by atoms with van der Waals surface area (Å²) in [6.45, 7) is 7.35. The Hall–Kier alpha value is -1.14. The van der Waals surface area contributed by atoms with Crippen molar-refractivity contribution in [2.24, 2.45) is 0 Å². The van der Waals surface area contributed by atoms with Gasteiger partial charge in [0.15, 0.2) is 0 Å². The van der Waals surface area contributed by atoms with E-state index in [0.29, 0.717) is 19.7 Å². The van der Waals surface area contributed by atoms with E-state index in [1.165, 1.54) is 0 Å². The lowest BCUT2D eigenvalue weighted by atomic mass is 10.2. The second-order valence-electron chi connectivity index (χ2n) is 5.15. The van der Waals surface area contributed by atoms with Crippen LogP contribution in [0.2, 0.25) is 0 Å². The minimum atomic E-state index is -0.427. The van der Waals surface area contributed by atoms with Gasteiger partial charge in [-0.05, 0) is 13.3 Å². The maximum atomic E-state index is 12.2. The van der Waals surface area contributed by atoms with Crippen molar-refractivity contribution < 1.29 is 14.3 Å². The second kappa shape index (κ2) is 7.45. The van der Waals surface area contributed by atoms with Crippen molar-refractivity contribution in [3.05, 3.63) is 0 Å². The number of hydrogen-bond acceptors (Lipinski definition) is 4. The van der Waals surface area contributed by atoms with Gasteiger partial charge in [0.05, 0.1) is 12.6 Å². The first-order valence-electron chi connectivity index (χ1n) is 6.80. The van der Waals surface area contributed by atoms with Gasteiger partial charge in [0.1, 0.15) is 6.04 Å². The second-order valence-corrected chi connectivity index (χ2v) is 5.15. The van der Waals surface area contributed by atoms with Gasteiger partial charge in [-0.15, -0.1) is 0 Å². The number of carbonyl (C=O) groups is 2. The Bertz CT molecular complexity index is 320. The predicted molar refractivity (Wildman–Crippen MR) is 72.7 cm³/mol. The summed E-state index contributed by atoms with van der Waals surface area (Å²) in [6.07, 6.45) is 0.757. The molecule has 0 aromatic rings. The molecular weight excluding hydrogens is 246 g/mol. The lowest BCUT2D eigenvalue weighted by Crippen LogP contribution is -2.49. The third-order valence-electron chi connectivity index (χ3n) is 3.23. The van der Waals surface area contributed by atoms with Crippen LogP contribution in [-0.4, -0.2) is 61.6 Å². The molecule has 1 heterocycles. The summed E-state index contributed by atoms with van der Waals surface area (Å²) in [5.41, 5.74) is 0. The summed E-state index contributed by atoms with van der Waals surface area (Å²) in [6, 6.07) is -0.322. The Morgan fingerprint density at radius 3 is 2.74 bits per heavy atom.